The first-order chi connectivity index (χ1) is 12.8. The van der Waals surface area contributed by atoms with Crippen molar-refractivity contribution in [2.45, 2.75) is 19.8 Å². The van der Waals surface area contributed by atoms with Gasteiger partial charge in [0.15, 0.2) is 0 Å². The van der Waals surface area contributed by atoms with Crippen LogP contribution in [-0.4, -0.2) is 60.0 Å². The van der Waals surface area contributed by atoms with Gasteiger partial charge in [-0.15, -0.1) is 0 Å². The minimum absolute atomic E-state index is 0.0475. The summed E-state index contributed by atoms with van der Waals surface area (Å²) in [4.78, 5) is 23.8. The molecule has 0 aliphatic carbocycles. The number of hydrogen-bond donors (Lipinski definition) is 0. The van der Waals surface area contributed by atoms with Crippen molar-refractivity contribution in [1.82, 2.24) is 14.8 Å². The summed E-state index contributed by atoms with van der Waals surface area (Å²) in [6.45, 7) is 7.68. The molecule has 5 heteroatoms. The third-order valence-corrected chi connectivity index (χ3v) is 5.50. The number of fused-ring (bicyclic) bond motifs is 1. The van der Waals surface area contributed by atoms with Crippen LogP contribution in [0, 0.1) is 0 Å². The highest BCUT2D eigenvalue weighted by Gasteiger charge is 2.23. The van der Waals surface area contributed by atoms with Crippen LogP contribution in [0.25, 0.3) is 0 Å². The number of aromatic nitrogens is 1. The molecule has 1 fully saturated rings. The summed E-state index contributed by atoms with van der Waals surface area (Å²) in [6, 6.07) is 12.5. The zero-order valence-corrected chi connectivity index (χ0v) is 15.4. The Bertz CT molecular complexity index is 766. The third-order valence-electron chi connectivity index (χ3n) is 5.50. The minimum atomic E-state index is 0.0475. The highest BCUT2D eigenvalue weighted by atomic mass is 16.2. The van der Waals surface area contributed by atoms with E-state index in [1.165, 1.54) is 11.3 Å². The first-order valence-electron chi connectivity index (χ1n) is 9.59. The molecule has 4 rings (SSSR count). The highest BCUT2D eigenvalue weighted by Crippen LogP contribution is 2.32. The van der Waals surface area contributed by atoms with Crippen LogP contribution >= 0.6 is 0 Å². The smallest absolute Gasteiger partial charge is 0.272 e. The molecule has 2 aromatic rings. The van der Waals surface area contributed by atoms with E-state index in [1.807, 2.05) is 23.2 Å². The van der Waals surface area contributed by atoms with E-state index in [4.69, 9.17) is 0 Å². The number of carbonyl (C=O) groups excluding carboxylic acids is 1. The summed E-state index contributed by atoms with van der Waals surface area (Å²) in [5.74, 6) is 0.0475. The van der Waals surface area contributed by atoms with Crippen molar-refractivity contribution in [1.29, 1.82) is 0 Å². The summed E-state index contributed by atoms with van der Waals surface area (Å²) in [7, 11) is 0. The van der Waals surface area contributed by atoms with Crippen LogP contribution in [-0.2, 0) is 6.42 Å². The number of hydrogen-bond acceptors (Lipinski definition) is 4. The molecule has 0 radical (unpaired) electrons. The normalized spacial score (nSPS) is 17.9. The summed E-state index contributed by atoms with van der Waals surface area (Å²) >= 11 is 0. The van der Waals surface area contributed by atoms with Crippen molar-refractivity contribution in [3.63, 3.8) is 0 Å². The fraction of sp³-hybridized carbons (Fsp3) is 0.429. The molecule has 2 aliphatic rings. The maximum absolute atomic E-state index is 12.7. The number of benzene rings is 1. The van der Waals surface area contributed by atoms with Crippen molar-refractivity contribution in [3.8, 4) is 0 Å². The number of rotatable bonds is 3. The molecule has 0 N–H and O–H groups in total. The average Bonchev–Trinajstić information content (AvgIpc) is 2.73. The lowest BCUT2D eigenvalue weighted by Gasteiger charge is -2.34. The second kappa shape index (κ2) is 7.46. The van der Waals surface area contributed by atoms with Gasteiger partial charge in [-0.2, -0.15) is 0 Å². The molecule has 0 spiro atoms. The molecule has 0 unspecified atom stereocenters. The number of piperazine rings is 1. The second-order valence-corrected chi connectivity index (χ2v) is 7.01. The fourth-order valence-electron chi connectivity index (χ4n) is 3.90. The fourth-order valence-corrected chi connectivity index (χ4v) is 3.90. The first-order valence-corrected chi connectivity index (χ1v) is 9.59. The number of amides is 1. The van der Waals surface area contributed by atoms with Gasteiger partial charge in [0.2, 0.25) is 0 Å². The van der Waals surface area contributed by atoms with E-state index in [2.05, 4.69) is 46.0 Å². The van der Waals surface area contributed by atoms with Gasteiger partial charge in [0.05, 0.1) is 11.9 Å². The third kappa shape index (κ3) is 3.31. The van der Waals surface area contributed by atoms with Crippen LogP contribution in [0.2, 0.25) is 0 Å². The quantitative estimate of drug-likeness (QED) is 0.853. The Morgan fingerprint density at radius 3 is 2.58 bits per heavy atom. The Morgan fingerprint density at radius 2 is 1.85 bits per heavy atom. The predicted molar refractivity (Wildman–Crippen MR) is 104 cm³/mol. The molecule has 5 nitrogen and oxygen atoms in total. The van der Waals surface area contributed by atoms with Gasteiger partial charge in [0.25, 0.3) is 5.91 Å². The van der Waals surface area contributed by atoms with E-state index in [1.54, 1.807) is 0 Å². The summed E-state index contributed by atoms with van der Waals surface area (Å²) in [6.07, 6.45) is 4.11. The molecule has 26 heavy (non-hydrogen) atoms. The lowest BCUT2D eigenvalue weighted by molar-refractivity contribution is 0.0637. The summed E-state index contributed by atoms with van der Waals surface area (Å²) < 4.78 is 0. The van der Waals surface area contributed by atoms with E-state index < -0.39 is 0 Å². The van der Waals surface area contributed by atoms with Gasteiger partial charge >= 0.3 is 0 Å². The molecular formula is C21H26N4O. The molecule has 0 saturated carbocycles. The van der Waals surface area contributed by atoms with Crippen LogP contribution in [0.15, 0.2) is 42.6 Å². The van der Waals surface area contributed by atoms with Gasteiger partial charge in [0.1, 0.15) is 5.69 Å². The van der Waals surface area contributed by atoms with Crippen LogP contribution in [0.5, 0.6) is 0 Å². The maximum atomic E-state index is 12.7. The molecule has 1 saturated heterocycles. The molecule has 3 heterocycles. The molecule has 1 aromatic carbocycles. The van der Waals surface area contributed by atoms with Crippen molar-refractivity contribution >= 4 is 17.3 Å². The molecule has 1 amide bonds. The number of pyridine rings is 1. The number of likely N-dealkylation sites (N-methyl/N-ethyl adjacent to an activating group) is 1. The first kappa shape index (κ1) is 17.0. The topological polar surface area (TPSA) is 39.7 Å². The number of aryl methyl sites for hydroxylation is 1. The van der Waals surface area contributed by atoms with Gasteiger partial charge in [0, 0.05) is 38.4 Å². The Labute approximate surface area is 155 Å². The SMILES string of the molecule is CCN1CCN(C(=O)c2ccc(N3CCCc4ccccc43)cn2)CC1. The van der Waals surface area contributed by atoms with Crippen LogP contribution in [0.1, 0.15) is 29.4 Å². The van der Waals surface area contributed by atoms with E-state index in [-0.39, 0.29) is 5.91 Å². The molecule has 1 aromatic heterocycles. The molecule has 136 valence electrons. The van der Waals surface area contributed by atoms with Crippen molar-refractivity contribution in [2.24, 2.45) is 0 Å². The monoisotopic (exact) mass is 350 g/mol. The Balaban J connectivity index is 1.49. The Kier molecular flexibility index (Phi) is 4.89. The lowest BCUT2D eigenvalue weighted by atomic mass is 10.0. The van der Waals surface area contributed by atoms with Crippen LogP contribution < -0.4 is 4.90 Å². The van der Waals surface area contributed by atoms with Gasteiger partial charge in [-0.1, -0.05) is 25.1 Å². The van der Waals surface area contributed by atoms with Gasteiger partial charge < -0.3 is 14.7 Å². The van der Waals surface area contributed by atoms with E-state index in [9.17, 15) is 4.79 Å². The second-order valence-electron chi connectivity index (χ2n) is 7.01. The van der Waals surface area contributed by atoms with Crippen molar-refractivity contribution in [3.05, 3.63) is 53.9 Å². The van der Waals surface area contributed by atoms with E-state index in [0.29, 0.717) is 5.69 Å². The molecule has 0 atom stereocenters. The lowest BCUT2D eigenvalue weighted by Crippen LogP contribution is -2.48. The van der Waals surface area contributed by atoms with Crippen LogP contribution in [0.3, 0.4) is 0 Å². The molecule has 0 bridgehead atoms. The summed E-state index contributed by atoms with van der Waals surface area (Å²) in [5.41, 5.74) is 4.25. The zero-order chi connectivity index (χ0) is 17.9. The molecule has 2 aliphatic heterocycles. The zero-order valence-electron chi connectivity index (χ0n) is 15.4. The average molecular weight is 350 g/mol. The Morgan fingerprint density at radius 1 is 1.04 bits per heavy atom. The standard InChI is InChI=1S/C21H26N4O/c1-2-23-12-14-24(15-13-23)21(26)19-10-9-18(16-22-19)25-11-5-7-17-6-3-4-8-20(17)25/h3-4,6,8-10,16H,2,5,7,11-15H2,1H3. The number of nitrogens with zero attached hydrogens (tertiary/aromatic N) is 4. The van der Waals surface area contributed by atoms with Gasteiger partial charge in [-0.3, -0.25) is 4.79 Å². The number of para-hydroxylation sites is 1. The van der Waals surface area contributed by atoms with E-state index in [0.717, 1.165) is 57.8 Å². The van der Waals surface area contributed by atoms with Crippen molar-refractivity contribution in [2.75, 3.05) is 44.2 Å². The minimum Gasteiger partial charge on any atom is -0.340 e. The van der Waals surface area contributed by atoms with Crippen molar-refractivity contribution < 1.29 is 4.79 Å². The summed E-state index contributed by atoms with van der Waals surface area (Å²) in [5, 5.41) is 0. The van der Waals surface area contributed by atoms with Crippen LogP contribution in [0.4, 0.5) is 11.4 Å². The van der Waals surface area contributed by atoms with Gasteiger partial charge in [-0.05, 0) is 43.1 Å². The van der Waals surface area contributed by atoms with E-state index >= 15 is 0 Å². The number of carbonyl (C=O) groups is 1. The molecular weight excluding hydrogens is 324 g/mol. The highest BCUT2D eigenvalue weighted by molar-refractivity contribution is 5.92. The Hall–Kier alpha value is -2.40. The predicted octanol–water partition coefficient (Wildman–Crippen LogP) is 2.94. The maximum Gasteiger partial charge on any atom is 0.272 e. The van der Waals surface area contributed by atoms with Gasteiger partial charge in [-0.25, -0.2) is 4.98 Å². The number of anilines is 2. The largest absolute Gasteiger partial charge is 0.340 e.